The number of hydrogen-bond acceptors (Lipinski definition) is 5. The number of benzene rings is 2. The molecular weight excluding hydrogens is 380 g/mol. The fourth-order valence-electron chi connectivity index (χ4n) is 2.95. The van der Waals surface area contributed by atoms with Gasteiger partial charge < -0.3 is 15.0 Å². The summed E-state index contributed by atoms with van der Waals surface area (Å²) in [5.41, 5.74) is 4.75. The van der Waals surface area contributed by atoms with Crippen LogP contribution >= 0.6 is 0 Å². The van der Waals surface area contributed by atoms with Gasteiger partial charge in [-0.2, -0.15) is 0 Å². The molecule has 4 aromatic rings. The first-order valence-electron chi connectivity index (χ1n) is 9.48. The Morgan fingerprint density at radius 1 is 1.10 bits per heavy atom. The minimum Gasteiger partial charge on any atom is -0.452 e. The summed E-state index contributed by atoms with van der Waals surface area (Å²) in [5, 5.41) is 2.74. The standard InChI is InChI=1S/C23H20N4O3/c1-15-4-6-16(7-5-15)12-25-21(28)14-30-23(29)17-8-9-19-20(11-17)27-22(26-19)18-3-2-10-24-13-18/h2-11,13H,12,14H2,1H3,(H,25,28)(H,26,27). The molecule has 0 fully saturated rings. The fraction of sp³-hybridized carbons (Fsp3) is 0.130. The van der Waals surface area contributed by atoms with Crippen molar-refractivity contribution in [1.29, 1.82) is 0 Å². The van der Waals surface area contributed by atoms with Crippen LogP contribution in [0.15, 0.2) is 67.0 Å². The van der Waals surface area contributed by atoms with E-state index in [-0.39, 0.29) is 12.5 Å². The smallest absolute Gasteiger partial charge is 0.338 e. The molecule has 4 rings (SSSR count). The Labute approximate surface area is 173 Å². The number of hydrogen-bond donors (Lipinski definition) is 2. The van der Waals surface area contributed by atoms with Crippen molar-refractivity contribution >= 4 is 22.9 Å². The van der Waals surface area contributed by atoms with Crippen LogP contribution < -0.4 is 5.32 Å². The number of pyridine rings is 1. The SMILES string of the molecule is Cc1ccc(CNC(=O)COC(=O)c2ccc3nc(-c4cccnc4)[nH]c3c2)cc1. The minimum absolute atomic E-state index is 0.341. The summed E-state index contributed by atoms with van der Waals surface area (Å²) in [6, 6.07) is 16.6. The molecule has 0 unspecified atom stereocenters. The second-order valence-corrected chi connectivity index (χ2v) is 6.90. The summed E-state index contributed by atoms with van der Waals surface area (Å²) < 4.78 is 5.14. The average molecular weight is 400 g/mol. The van der Waals surface area contributed by atoms with Gasteiger partial charge in [-0.15, -0.1) is 0 Å². The van der Waals surface area contributed by atoms with Crippen molar-refractivity contribution in [2.24, 2.45) is 0 Å². The van der Waals surface area contributed by atoms with Crippen molar-refractivity contribution in [2.75, 3.05) is 6.61 Å². The first-order chi connectivity index (χ1) is 14.6. The predicted molar refractivity (Wildman–Crippen MR) is 113 cm³/mol. The lowest BCUT2D eigenvalue weighted by Crippen LogP contribution is -2.28. The van der Waals surface area contributed by atoms with Crippen LogP contribution in [-0.4, -0.2) is 33.4 Å². The largest absolute Gasteiger partial charge is 0.452 e. The number of fused-ring (bicyclic) bond motifs is 1. The number of nitrogens with one attached hydrogen (secondary N) is 2. The lowest BCUT2D eigenvalue weighted by Gasteiger charge is -2.07. The highest BCUT2D eigenvalue weighted by molar-refractivity contribution is 5.95. The summed E-state index contributed by atoms with van der Waals surface area (Å²) in [5.74, 6) is -0.260. The molecule has 2 heterocycles. The number of ether oxygens (including phenoxy) is 1. The van der Waals surface area contributed by atoms with Crippen LogP contribution in [0.5, 0.6) is 0 Å². The number of H-pyrrole nitrogens is 1. The van der Waals surface area contributed by atoms with Gasteiger partial charge in [0.25, 0.3) is 5.91 Å². The van der Waals surface area contributed by atoms with E-state index in [1.807, 2.05) is 43.3 Å². The van der Waals surface area contributed by atoms with E-state index in [0.717, 1.165) is 22.2 Å². The number of aromatic amines is 1. The third kappa shape index (κ3) is 4.52. The monoisotopic (exact) mass is 400 g/mol. The highest BCUT2D eigenvalue weighted by Crippen LogP contribution is 2.20. The van der Waals surface area contributed by atoms with E-state index in [0.29, 0.717) is 23.4 Å². The number of rotatable bonds is 6. The van der Waals surface area contributed by atoms with E-state index in [1.165, 1.54) is 0 Å². The number of imidazole rings is 1. The Bertz CT molecular complexity index is 1180. The third-order valence-corrected chi connectivity index (χ3v) is 4.60. The van der Waals surface area contributed by atoms with Crippen LogP contribution in [0, 0.1) is 6.92 Å². The van der Waals surface area contributed by atoms with Crippen molar-refractivity contribution in [3.8, 4) is 11.4 Å². The van der Waals surface area contributed by atoms with Gasteiger partial charge in [0.15, 0.2) is 6.61 Å². The Morgan fingerprint density at radius 2 is 1.93 bits per heavy atom. The first-order valence-corrected chi connectivity index (χ1v) is 9.48. The highest BCUT2D eigenvalue weighted by Gasteiger charge is 2.13. The summed E-state index contributed by atoms with van der Waals surface area (Å²) in [4.78, 5) is 36.1. The van der Waals surface area contributed by atoms with Gasteiger partial charge in [0.05, 0.1) is 16.6 Å². The molecule has 0 saturated carbocycles. The molecule has 0 aliphatic carbocycles. The molecule has 2 aromatic carbocycles. The van der Waals surface area contributed by atoms with Crippen LogP contribution in [0.1, 0.15) is 21.5 Å². The number of carbonyl (C=O) groups is 2. The average Bonchev–Trinajstić information content (AvgIpc) is 3.21. The molecule has 0 aliphatic heterocycles. The molecule has 0 atom stereocenters. The van der Waals surface area contributed by atoms with Gasteiger partial charge in [-0.3, -0.25) is 9.78 Å². The van der Waals surface area contributed by atoms with E-state index in [9.17, 15) is 9.59 Å². The molecule has 0 bridgehead atoms. The lowest BCUT2D eigenvalue weighted by atomic mass is 10.1. The van der Waals surface area contributed by atoms with Crippen LogP contribution in [0.4, 0.5) is 0 Å². The van der Waals surface area contributed by atoms with E-state index >= 15 is 0 Å². The zero-order valence-corrected chi connectivity index (χ0v) is 16.4. The Balaban J connectivity index is 1.35. The molecule has 30 heavy (non-hydrogen) atoms. The van der Waals surface area contributed by atoms with Gasteiger partial charge in [0, 0.05) is 24.5 Å². The van der Waals surface area contributed by atoms with Crippen LogP contribution in [0.2, 0.25) is 0 Å². The van der Waals surface area contributed by atoms with E-state index < -0.39 is 5.97 Å². The molecule has 2 N–H and O–H groups in total. The summed E-state index contributed by atoms with van der Waals surface area (Å²) in [6.07, 6.45) is 3.40. The van der Waals surface area contributed by atoms with Gasteiger partial charge >= 0.3 is 5.97 Å². The Hall–Kier alpha value is -4.00. The molecule has 2 aromatic heterocycles. The normalized spacial score (nSPS) is 10.7. The minimum atomic E-state index is -0.570. The first kappa shape index (κ1) is 19.3. The molecule has 7 heteroatoms. The van der Waals surface area contributed by atoms with E-state index in [4.69, 9.17) is 4.74 Å². The van der Waals surface area contributed by atoms with Crippen molar-refractivity contribution in [3.05, 3.63) is 83.7 Å². The molecule has 0 aliphatic rings. The van der Waals surface area contributed by atoms with Gasteiger partial charge in [0.2, 0.25) is 0 Å². The van der Waals surface area contributed by atoms with Crippen LogP contribution in [0.3, 0.4) is 0 Å². The molecule has 7 nitrogen and oxygen atoms in total. The Morgan fingerprint density at radius 3 is 2.70 bits per heavy atom. The van der Waals surface area contributed by atoms with Crippen molar-refractivity contribution in [1.82, 2.24) is 20.3 Å². The van der Waals surface area contributed by atoms with Crippen LogP contribution in [-0.2, 0) is 16.1 Å². The maximum absolute atomic E-state index is 12.3. The topological polar surface area (TPSA) is 97.0 Å². The highest BCUT2D eigenvalue weighted by atomic mass is 16.5. The van der Waals surface area contributed by atoms with Gasteiger partial charge in [-0.25, -0.2) is 9.78 Å². The fourth-order valence-corrected chi connectivity index (χ4v) is 2.95. The molecule has 0 saturated heterocycles. The molecule has 1 amide bonds. The number of nitrogens with zero attached hydrogens (tertiary/aromatic N) is 2. The van der Waals surface area contributed by atoms with Crippen LogP contribution in [0.25, 0.3) is 22.4 Å². The lowest BCUT2D eigenvalue weighted by molar-refractivity contribution is -0.124. The van der Waals surface area contributed by atoms with Crippen molar-refractivity contribution in [2.45, 2.75) is 13.5 Å². The van der Waals surface area contributed by atoms with Gasteiger partial charge in [-0.1, -0.05) is 29.8 Å². The molecule has 0 radical (unpaired) electrons. The number of carbonyl (C=O) groups excluding carboxylic acids is 2. The second-order valence-electron chi connectivity index (χ2n) is 6.90. The van der Waals surface area contributed by atoms with Gasteiger partial charge in [-0.05, 0) is 42.8 Å². The zero-order chi connectivity index (χ0) is 20.9. The van der Waals surface area contributed by atoms with E-state index in [1.54, 1.807) is 30.6 Å². The summed E-state index contributed by atoms with van der Waals surface area (Å²) in [7, 11) is 0. The zero-order valence-electron chi connectivity index (χ0n) is 16.4. The number of esters is 1. The summed E-state index contributed by atoms with van der Waals surface area (Å²) in [6.45, 7) is 2.04. The molecule has 0 spiro atoms. The third-order valence-electron chi connectivity index (χ3n) is 4.60. The maximum Gasteiger partial charge on any atom is 0.338 e. The molecule has 150 valence electrons. The number of aromatic nitrogens is 3. The summed E-state index contributed by atoms with van der Waals surface area (Å²) >= 11 is 0. The van der Waals surface area contributed by atoms with Crippen molar-refractivity contribution < 1.29 is 14.3 Å². The quantitative estimate of drug-likeness (QED) is 0.484. The second kappa shape index (κ2) is 8.57. The Kier molecular flexibility index (Phi) is 5.52. The maximum atomic E-state index is 12.3. The number of amides is 1. The van der Waals surface area contributed by atoms with Crippen molar-refractivity contribution in [3.63, 3.8) is 0 Å². The van der Waals surface area contributed by atoms with Gasteiger partial charge in [0.1, 0.15) is 5.82 Å². The van der Waals surface area contributed by atoms with E-state index in [2.05, 4.69) is 20.3 Å². The molecular formula is C23H20N4O3. The predicted octanol–water partition coefficient (Wildman–Crippen LogP) is 3.41. The number of aryl methyl sites for hydroxylation is 1.